The largest absolute Gasteiger partial charge is 0.389 e. The Morgan fingerprint density at radius 2 is 2.21 bits per heavy atom. The predicted molar refractivity (Wildman–Crippen MR) is 65.3 cm³/mol. The van der Waals surface area contributed by atoms with Crippen LogP contribution in [0.2, 0.25) is 0 Å². The van der Waals surface area contributed by atoms with Gasteiger partial charge >= 0.3 is 0 Å². The van der Waals surface area contributed by atoms with Gasteiger partial charge in [-0.2, -0.15) is 0 Å². The van der Waals surface area contributed by atoms with Crippen molar-refractivity contribution in [3.05, 3.63) is 41.5 Å². The predicted octanol–water partition coefficient (Wildman–Crippen LogP) is 1.55. The van der Waals surface area contributed by atoms with E-state index in [1.54, 1.807) is 0 Å². The van der Waals surface area contributed by atoms with Crippen LogP contribution in [0.15, 0.2) is 30.3 Å². The van der Waals surface area contributed by atoms with E-state index in [1.165, 1.54) is 0 Å². The first kappa shape index (κ1) is 10.9. The van der Waals surface area contributed by atoms with Gasteiger partial charge in [-0.15, -0.1) is 0 Å². The van der Waals surface area contributed by atoms with Crippen LogP contribution in [0.1, 0.15) is 11.1 Å². The first-order valence-electron chi connectivity index (χ1n) is 4.45. The van der Waals surface area contributed by atoms with Gasteiger partial charge in [0.25, 0.3) is 0 Å². The Labute approximate surface area is 89.8 Å². The first-order chi connectivity index (χ1) is 6.75. The zero-order chi connectivity index (χ0) is 10.4. The summed E-state index contributed by atoms with van der Waals surface area (Å²) < 4.78 is 0. The Morgan fingerprint density at radius 1 is 1.50 bits per heavy atom. The van der Waals surface area contributed by atoms with Gasteiger partial charge in [0.15, 0.2) is 0 Å². The molecule has 0 fully saturated rings. The van der Waals surface area contributed by atoms with Crippen LogP contribution >= 0.6 is 12.2 Å². The van der Waals surface area contributed by atoms with Crippen molar-refractivity contribution in [3.8, 4) is 0 Å². The highest BCUT2D eigenvalue weighted by molar-refractivity contribution is 7.80. The van der Waals surface area contributed by atoms with E-state index in [2.05, 4.69) is 5.32 Å². The molecule has 3 heteroatoms. The average Bonchev–Trinajstić information content (AvgIpc) is 2.19. The number of likely N-dealkylation sites (N-methyl/N-ethyl adjacent to an activating group) is 1. The van der Waals surface area contributed by atoms with Gasteiger partial charge in [-0.25, -0.2) is 0 Å². The van der Waals surface area contributed by atoms with Gasteiger partial charge in [0.1, 0.15) is 4.99 Å². The fraction of sp³-hybridized carbons (Fsp3) is 0.182. The summed E-state index contributed by atoms with van der Waals surface area (Å²) in [6, 6.07) is 7.84. The van der Waals surface area contributed by atoms with Gasteiger partial charge in [0.05, 0.1) is 0 Å². The molecule has 0 atom stereocenters. The van der Waals surface area contributed by atoms with E-state index >= 15 is 0 Å². The summed E-state index contributed by atoms with van der Waals surface area (Å²) in [5.41, 5.74) is 7.59. The van der Waals surface area contributed by atoms with Crippen LogP contribution in [0, 0.1) is 0 Å². The number of nitrogens with one attached hydrogen (secondary N) is 1. The third-order valence-corrected chi connectivity index (χ3v) is 2.07. The monoisotopic (exact) mass is 206 g/mol. The van der Waals surface area contributed by atoms with Gasteiger partial charge in [-0.3, -0.25) is 0 Å². The van der Waals surface area contributed by atoms with Gasteiger partial charge in [-0.1, -0.05) is 48.6 Å². The molecule has 0 heterocycles. The lowest BCUT2D eigenvalue weighted by atomic mass is 10.1. The maximum atomic E-state index is 5.60. The molecule has 0 radical (unpaired) electrons. The molecular weight excluding hydrogens is 192 g/mol. The molecule has 1 rings (SSSR count). The Bertz CT molecular complexity index is 345. The van der Waals surface area contributed by atoms with Crippen LogP contribution in [0.5, 0.6) is 0 Å². The third kappa shape index (κ3) is 2.94. The smallest absolute Gasteiger partial charge is 0.104 e. The van der Waals surface area contributed by atoms with Crippen molar-refractivity contribution in [2.24, 2.45) is 5.73 Å². The van der Waals surface area contributed by atoms with Gasteiger partial charge in [0.2, 0.25) is 0 Å². The van der Waals surface area contributed by atoms with Crippen molar-refractivity contribution in [3.63, 3.8) is 0 Å². The van der Waals surface area contributed by atoms with Crippen molar-refractivity contribution >= 4 is 23.3 Å². The minimum atomic E-state index is 0.440. The van der Waals surface area contributed by atoms with Crippen LogP contribution in [-0.2, 0) is 0 Å². The quantitative estimate of drug-likeness (QED) is 0.734. The minimum Gasteiger partial charge on any atom is -0.389 e. The average molecular weight is 206 g/mol. The molecule has 1 aromatic rings. The normalized spacial score (nSPS) is 10.6. The molecule has 0 aliphatic heterocycles. The molecule has 0 spiro atoms. The second-order valence-electron chi connectivity index (χ2n) is 2.91. The van der Waals surface area contributed by atoms with Crippen molar-refractivity contribution in [2.45, 2.75) is 0 Å². The third-order valence-electron chi connectivity index (χ3n) is 1.85. The molecule has 1 aromatic carbocycles. The van der Waals surface area contributed by atoms with E-state index < -0.39 is 0 Å². The molecule has 0 aromatic heterocycles. The number of nitrogens with two attached hydrogens (primary N) is 1. The fourth-order valence-electron chi connectivity index (χ4n) is 1.17. The maximum absolute atomic E-state index is 5.60. The zero-order valence-corrected chi connectivity index (χ0v) is 8.97. The van der Waals surface area contributed by atoms with Crippen LogP contribution < -0.4 is 11.1 Å². The number of rotatable bonds is 4. The van der Waals surface area contributed by atoms with E-state index in [9.17, 15) is 0 Å². The summed E-state index contributed by atoms with van der Waals surface area (Å²) in [6.07, 6.45) is 4.06. The Balaban J connectivity index is 2.90. The summed E-state index contributed by atoms with van der Waals surface area (Å²) in [5.74, 6) is 0. The molecule has 0 saturated heterocycles. The standard InChI is InChI=1S/C11H14N2S/c1-13-8-4-6-9-5-2-3-7-10(9)11(12)14/h2-7,13H,8H2,1H3,(H2,12,14). The number of benzene rings is 1. The van der Waals surface area contributed by atoms with Crippen molar-refractivity contribution in [1.29, 1.82) is 0 Å². The lowest BCUT2D eigenvalue weighted by Crippen LogP contribution is -2.11. The lowest BCUT2D eigenvalue weighted by molar-refractivity contribution is 0.922. The maximum Gasteiger partial charge on any atom is 0.104 e. The summed E-state index contributed by atoms with van der Waals surface area (Å²) in [7, 11) is 1.91. The van der Waals surface area contributed by atoms with Crippen LogP contribution in [0.3, 0.4) is 0 Å². The summed E-state index contributed by atoms with van der Waals surface area (Å²) in [5, 5.41) is 3.04. The molecule has 0 bridgehead atoms. The topological polar surface area (TPSA) is 38.0 Å². The minimum absolute atomic E-state index is 0.440. The van der Waals surface area contributed by atoms with Crippen LogP contribution in [-0.4, -0.2) is 18.6 Å². The SMILES string of the molecule is CNCC=Cc1ccccc1C(N)=S. The summed E-state index contributed by atoms with van der Waals surface area (Å²) in [6.45, 7) is 0.839. The van der Waals surface area contributed by atoms with E-state index in [1.807, 2.05) is 43.5 Å². The second kappa shape index (κ2) is 5.52. The van der Waals surface area contributed by atoms with E-state index in [-0.39, 0.29) is 0 Å². The van der Waals surface area contributed by atoms with Crippen molar-refractivity contribution in [2.75, 3.05) is 13.6 Å². The van der Waals surface area contributed by atoms with E-state index in [4.69, 9.17) is 18.0 Å². The van der Waals surface area contributed by atoms with Crippen LogP contribution in [0.4, 0.5) is 0 Å². The molecule has 14 heavy (non-hydrogen) atoms. The number of hydrogen-bond donors (Lipinski definition) is 2. The Hall–Kier alpha value is -1.19. The molecule has 0 aliphatic carbocycles. The summed E-state index contributed by atoms with van der Waals surface area (Å²) in [4.78, 5) is 0.440. The van der Waals surface area contributed by atoms with Gasteiger partial charge < -0.3 is 11.1 Å². The Kier molecular flexibility index (Phi) is 4.29. The highest BCUT2D eigenvalue weighted by Gasteiger charge is 1.99. The second-order valence-corrected chi connectivity index (χ2v) is 3.35. The Morgan fingerprint density at radius 3 is 2.86 bits per heavy atom. The van der Waals surface area contributed by atoms with Crippen molar-refractivity contribution < 1.29 is 0 Å². The molecular formula is C11H14N2S. The molecule has 3 N–H and O–H groups in total. The van der Waals surface area contributed by atoms with E-state index in [0.29, 0.717) is 4.99 Å². The van der Waals surface area contributed by atoms with E-state index in [0.717, 1.165) is 17.7 Å². The molecule has 2 nitrogen and oxygen atoms in total. The summed E-state index contributed by atoms with van der Waals surface area (Å²) >= 11 is 4.96. The van der Waals surface area contributed by atoms with Crippen molar-refractivity contribution in [1.82, 2.24) is 5.32 Å². The molecule has 0 amide bonds. The first-order valence-corrected chi connectivity index (χ1v) is 4.86. The highest BCUT2D eigenvalue weighted by atomic mass is 32.1. The molecule has 0 aliphatic rings. The lowest BCUT2D eigenvalue weighted by Gasteiger charge is -2.02. The zero-order valence-electron chi connectivity index (χ0n) is 8.16. The van der Waals surface area contributed by atoms with Gasteiger partial charge in [-0.05, 0) is 12.6 Å². The molecule has 0 saturated carbocycles. The highest BCUT2D eigenvalue weighted by Crippen LogP contribution is 2.10. The number of hydrogen-bond acceptors (Lipinski definition) is 2. The molecule has 0 unspecified atom stereocenters. The molecule has 74 valence electrons. The number of thiocarbonyl (C=S) groups is 1. The fourth-order valence-corrected chi connectivity index (χ4v) is 1.36. The van der Waals surface area contributed by atoms with Crippen LogP contribution in [0.25, 0.3) is 6.08 Å². The van der Waals surface area contributed by atoms with Gasteiger partial charge in [0, 0.05) is 12.1 Å².